The van der Waals surface area contributed by atoms with E-state index in [1.54, 1.807) is 36.1 Å². The summed E-state index contributed by atoms with van der Waals surface area (Å²) >= 11 is 6.08. The van der Waals surface area contributed by atoms with E-state index in [0.717, 1.165) is 0 Å². The second-order valence-electron chi connectivity index (χ2n) is 4.09. The molecule has 6 heteroatoms. The first-order valence-electron chi connectivity index (χ1n) is 6.07. The Morgan fingerprint density at radius 1 is 1.35 bits per heavy atom. The number of benzene rings is 1. The number of ether oxygens (including phenoxy) is 2. The molecular formula is C14H15ClN2O3. The molecule has 5 nitrogen and oxygen atoms in total. The third-order valence-corrected chi connectivity index (χ3v) is 3.15. The lowest BCUT2D eigenvalue weighted by Gasteiger charge is -2.09. The molecule has 0 aliphatic carbocycles. The summed E-state index contributed by atoms with van der Waals surface area (Å²) in [6.45, 7) is 0.906. The van der Waals surface area contributed by atoms with Crippen LogP contribution in [-0.2, 0) is 11.3 Å². The number of hydrogen-bond donors (Lipinski definition) is 0. The second-order valence-corrected chi connectivity index (χ2v) is 4.49. The number of methoxy groups -OCH3 is 2. The highest BCUT2D eigenvalue weighted by molar-refractivity contribution is 6.34. The number of aromatic nitrogens is 2. The van der Waals surface area contributed by atoms with Gasteiger partial charge in [0.1, 0.15) is 11.4 Å². The first kappa shape index (κ1) is 14.6. The van der Waals surface area contributed by atoms with Crippen LogP contribution in [0.3, 0.4) is 0 Å². The molecule has 1 heterocycles. The van der Waals surface area contributed by atoms with Crippen molar-refractivity contribution in [3.8, 4) is 5.75 Å². The Kier molecular flexibility index (Phi) is 4.76. The molecule has 20 heavy (non-hydrogen) atoms. The summed E-state index contributed by atoms with van der Waals surface area (Å²) in [5.74, 6) is 0.286. The molecule has 0 atom stereocenters. The van der Waals surface area contributed by atoms with Gasteiger partial charge in [0.15, 0.2) is 0 Å². The SMILES string of the molecule is COCCn1ncc(Cl)c1C(=O)c1ccccc1OC. The van der Waals surface area contributed by atoms with Gasteiger partial charge in [-0.15, -0.1) is 0 Å². The molecule has 2 rings (SSSR count). The zero-order valence-electron chi connectivity index (χ0n) is 11.3. The normalized spacial score (nSPS) is 10.6. The number of ketones is 1. The summed E-state index contributed by atoms with van der Waals surface area (Å²) < 4.78 is 11.7. The molecular weight excluding hydrogens is 280 g/mol. The largest absolute Gasteiger partial charge is 0.496 e. The van der Waals surface area contributed by atoms with Gasteiger partial charge in [-0.05, 0) is 12.1 Å². The van der Waals surface area contributed by atoms with Gasteiger partial charge in [0, 0.05) is 7.11 Å². The van der Waals surface area contributed by atoms with Gasteiger partial charge in [0.05, 0.1) is 37.0 Å². The molecule has 0 N–H and O–H groups in total. The number of halogens is 1. The van der Waals surface area contributed by atoms with Crippen LogP contribution in [0.25, 0.3) is 0 Å². The van der Waals surface area contributed by atoms with Crippen LogP contribution in [-0.4, -0.2) is 36.4 Å². The quantitative estimate of drug-likeness (QED) is 0.768. The predicted molar refractivity (Wildman–Crippen MR) is 75.5 cm³/mol. The molecule has 0 aliphatic heterocycles. The topological polar surface area (TPSA) is 53.4 Å². The smallest absolute Gasteiger partial charge is 0.216 e. The first-order valence-corrected chi connectivity index (χ1v) is 6.44. The molecule has 1 aromatic heterocycles. The Morgan fingerprint density at radius 2 is 2.10 bits per heavy atom. The third-order valence-electron chi connectivity index (χ3n) is 2.87. The van der Waals surface area contributed by atoms with E-state index in [0.29, 0.717) is 35.2 Å². The summed E-state index contributed by atoms with van der Waals surface area (Å²) in [6, 6.07) is 7.01. The average Bonchev–Trinajstić information content (AvgIpc) is 2.85. The lowest BCUT2D eigenvalue weighted by molar-refractivity contribution is 0.102. The minimum absolute atomic E-state index is 0.221. The fraction of sp³-hybridized carbons (Fsp3) is 0.286. The molecule has 2 aromatic rings. The van der Waals surface area contributed by atoms with Gasteiger partial charge in [0.2, 0.25) is 5.78 Å². The van der Waals surface area contributed by atoms with Crippen molar-refractivity contribution in [2.75, 3.05) is 20.8 Å². The highest BCUT2D eigenvalue weighted by Crippen LogP contribution is 2.24. The lowest BCUT2D eigenvalue weighted by Crippen LogP contribution is -2.15. The van der Waals surface area contributed by atoms with Crippen molar-refractivity contribution in [3.05, 3.63) is 46.7 Å². The summed E-state index contributed by atoms with van der Waals surface area (Å²) in [5.41, 5.74) is 0.796. The van der Waals surface area contributed by atoms with E-state index in [9.17, 15) is 4.79 Å². The van der Waals surface area contributed by atoms with Crippen molar-refractivity contribution in [2.45, 2.75) is 6.54 Å². The number of hydrogen-bond acceptors (Lipinski definition) is 4. The van der Waals surface area contributed by atoms with Crippen molar-refractivity contribution >= 4 is 17.4 Å². The van der Waals surface area contributed by atoms with Gasteiger partial charge in [-0.25, -0.2) is 0 Å². The van der Waals surface area contributed by atoms with E-state index in [2.05, 4.69) is 5.10 Å². The maximum Gasteiger partial charge on any atom is 0.216 e. The van der Waals surface area contributed by atoms with E-state index in [1.165, 1.54) is 13.3 Å². The van der Waals surface area contributed by atoms with E-state index in [1.807, 2.05) is 0 Å². The Morgan fingerprint density at radius 3 is 2.80 bits per heavy atom. The van der Waals surface area contributed by atoms with Gasteiger partial charge in [-0.1, -0.05) is 23.7 Å². The first-order chi connectivity index (χ1) is 9.69. The molecule has 0 spiro atoms. The maximum absolute atomic E-state index is 12.6. The molecule has 0 saturated carbocycles. The molecule has 0 fully saturated rings. The van der Waals surface area contributed by atoms with Crippen LogP contribution in [0.4, 0.5) is 0 Å². The van der Waals surface area contributed by atoms with Gasteiger partial charge in [0.25, 0.3) is 0 Å². The van der Waals surface area contributed by atoms with Crippen LogP contribution in [0.5, 0.6) is 5.75 Å². The summed E-state index contributed by atoms with van der Waals surface area (Å²) in [6.07, 6.45) is 1.46. The van der Waals surface area contributed by atoms with Crippen molar-refractivity contribution in [1.29, 1.82) is 0 Å². The van der Waals surface area contributed by atoms with Crippen LogP contribution in [0.1, 0.15) is 16.1 Å². The zero-order chi connectivity index (χ0) is 14.5. The number of para-hydroxylation sites is 1. The highest BCUT2D eigenvalue weighted by Gasteiger charge is 2.21. The Bertz CT molecular complexity index is 610. The predicted octanol–water partition coefficient (Wildman–Crippen LogP) is 2.42. The Balaban J connectivity index is 2.40. The van der Waals surface area contributed by atoms with Crippen LogP contribution >= 0.6 is 11.6 Å². The Hall–Kier alpha value is -1.85. The number of carbonyl (C=O) groups is 1. The van der Waals surface area contributed by atoms with Crippen LogP contribution < -0.4 is 4.74 Å². The third kappa shape index (κ3) is 2.84. The van der Waals surface area contributed by atoms with Crippen molar-refractivity contribution in [3.63, 3.8) is 0 Å². The number of carbonyl (C=O) groups excluding carboxylic acids is 1. The lowest BCUT2D eigenvalue weighted by atomic mass is 10.1. The summed E-state index contributed by atoms with van der Waals surface area (Å²) in [4.78, 5) is 12.6. The van der Waals surface area contributed by atoms with E-state index >= 15 is 0 Å². The number of nitrogens with zero attached hydrogens (tertiary/aromatic N) is 2. The minimum atomic E-state index is -0.221. The molecule has 0 saturated heterocycles. The Labute approximate surface area is 122 Å². The van der Waals surface area contributed by atoms with Crippen molar-refractivity contribution in [1.82, 2.24) is 9.78 Å². The average molecular weight is 295 g/mol. The van der Waals surface area contributed by atoms with E-state index in [-0.39, 0.29) is 5.78 Å². The van der Waals surface area contributed by atoms with Crippen LogP contribution in [0, 0.1) is 0 Å². The van der Waals surface area contributed by atoms with Gasteiger partial charge < -0.3 is 9.47 Å². The molecule has 106 valence electrons. The molecule has 0 unspecified atom stereocenters. The van der Waals surface area contributed by atoms with Crippen LogP contribution in [0.2, 0.25) is 5.02 Å². The molecule has 0 aliphatic rings. The molecule has 0 radical (unpaired) electrons. The maximum atomic E-state index is 12.6. The molecule has 0 bridgehead atoms. The monoisotopic (exact) mass is 294 g/mol. The van der Waals surface area contributed by atoms with Crippen LogP contribution in [0.15, 0.2) is 30.5 Å². The second kappa shape index (κ2) is 6.54. The molecule has 1 aromatic carbocycles. The fourth-order valence-corrected chi connectivity index (χ4v) is 2.12. The van der Waals surface area contributed by atoms with E-state index in [4.69, 9.17) is 21.1 Å². The van der Waals surface area contributed by atoms with Gasteiger partial charge >= 0.3 is 0 Å². The van der Waals surface area contributed by atoms with Crippen molar-refractivity contribution < 1.29 is 14.3 Å². The van der Waals surface area contributed by atoms with Crippen molar-refractivity contribution in [2.24, 2.45) is 0 Å². The minimum Gasteiger partial charge on any atom is -0.496 e. The van der Waals surface area contributed by atoms with E-state index < -0.39 is 0 Å². The highest BCUT2D eigenvalue weighted by atomic mass is 35.5. The summed E-state index contributed by atoms with van der Waals surface area (Å²) in [5, 5.41) is 4.42. The summed E-state index contributed by atoms with van der Waals surface area (Å²) in [7, 11) is 3.11. The molecule has 0 amide bonds. The number of rotatable bonds is 6. The van der Waals surface area contributed by atoms with Gasteiger partial charge in [-0.3, -0.25) is 9.48 Å². The fourth-order valence-electron chi connectivity index (χ4n) is 1.90. The van der Waals surface area contributed by atoms with Gasteiger partial charge in [-0.2, -0.15) is 5.10 Å². The standard InChI is InChI=1S/C14H15ClN2O3/c1-19-8-7-17-13(11(15)9-16-17)14(18)10-5-3-4-6-12(10)20-2/h3-6,9H,7-8H2,1-2H3. The zero-order valence-corrected chi connectivity index (χ0v) is 12.1.